The minimum Gasteiger partial charge on any atom is -0.476 e. The van der Waals surface area contributed by atoms with E-state index in [0.717, 1.165) is 5.56 Å². The molecule has 0 atom stereocenters. The molecular weight excluding hydrogens is 232 g/mol. The third kappa shape index (κ3) is 5.52. The third-order valence-electron chi connectivity index (χ3n) is 1.97. The predicted octanol–water partition coefficient (Wildman–Crippen LogP) is 2.29. The molecule has 1 aromatic heterocycles. The molecule has 0 saturated carbocycles. The Morgan fingerprint density at radius 1 is 1.44 bits per heavy atom. The van der Waals surface area contributed by atoms with E-state index in [1.807, 2.05) is 39.8 Å². The molecular formula is C13H20N2O3. The Balaban J connectivity index is 2.23. The van der Waals surface area contributed by atoms with Crippen LogP contribution in [0, 0.1) is 6.92 Å². The monoisotopic (exact) mass is 252 g/mol. The van der Waals surface area contributed by atoms with Gasteiger partial charge in [-0.25, -0.2) is 9.78 Å². The normalized spacial score (nSPS) is 10.9. The first-order valence-corrected chi connectivity index (χ1v) is 5.90. The van der Waals surface area contributed by atoms with Gasteiger partial charge in [-0.15, -0.1) is 0 Å². The van der Waals surface area contributed by atoms with Gasteiger partial charge in [0.15, 0.2) is 0 Å². The van der Waals surface area contributed by atoms with Gasteiger partial charge >= 0.3 is 6.09 Å². The van der Waals surface area contributed by atoms with Gasteiger partial charge in [0.1, 0.15) is 12.2 Å². The summed E-state index contributed by atoms with van der Waals surface area (Å²) in [7, 11) is 0. The summed E-state index contributed by atoms with van der Waals surface area (Å²) < 4.78 is 10.5. The highest BCUT2D eigenvalue weighted by molar-refractivity contribution is 5.67. The molecule has 1 rings (SSSR count). The fraction of sp³-hybridized carbons (Fsp3) is 0.538. The molecule has 1 heterocycles. The van der Waals surface area contributed by atoms with E-state index in [4.69, 9.17) is 9.47 Å². The summed E-state index contributed by atoms with van der Waals surface area (Å²) in [6.07, 6.45) is 1.23. The van der Waals surface area contributed by atoms with E-state index in [1.165, 1.54) is 0 Å². The summed E-state index contributed by atoms with van der Waals surface area (Å²) in [5.41, 5.74) is 0.484. The predicted molar refractivity (Wildman–Crippen MR) is 68.7 cm³/mol. The Morgan fingerprint density at radius 2 is 2.17 bits per heavy atom. The average Bonchev–Trinajstić information content (AvgIpc) is 2.24. The van der Waals surface area contributed by atoms with Crippen LogP contribution in [0.4, 0.5) is 4.79 Å². The van der Waals surface area contributed by atoms with Crippen molar-refractivity contribution in [2.75, 3.05) is 13.2 Å². The molecule has 1 aromatic rings. The van der Waals surface area contributed by atoms with Crippen LogP contribution < -0.4 is 10.1 Å². The van der Waals surface area contributed by atoms with Gasteiger partial charge in [0.2, 0.25) is 5.88 Å². The highest BCUT2D eigenvalue weighted by Crippen LogP contribution is 2.11. The van der Waals surface area contributed by atoms with Crippen molar-refractivity contribution in [2.45, 2.75) is 33.3 Å². The van der Waals surface area contributed by atoms with Crippen LogP contribution in [0.25, 0.3) is 0 Å². The van der Waals surface area contributed by atoms with Crippen LogP contribution in [0.1, 0.15) is 26.3 Å². The molecule has 0 aliphatic rings. The maximum absolute atomic E-state index is 11.3. The molecule has 1 amide bonds. The lowest BCUT2D eigenvalue weighted by molar-refractivity contribution is 0.0520. The summed E-state index contributed by atoms with van der Waals surface area (Å²) in [4.78, 5) is 15.4. The van der Waals surface area contributed by atoms with Gasteiger partial charge in [0, 0.05) is 11.8 Å². The topological polar surface area (TPSA) is 60.5 Å². The van der Waals surface area contributed by atoms with E-state index < -0.39 is 11.7 Å². The molecule has 0 spiro atoms. The second-order valence-corrected chi connectivity index (χ2v) is 4.90. The van der Waals surface area contributed by atoms with Gasteiger partial charge in [-0.2, -0.15) is 0 Å². The van der Waals surface area contributed by atoms with Crippen LogP contribution in [0.5, 0.6) is 5.88 Å². The first-order chi connectivity index (χ1) is 8.38. The highest BCUT2D eigenvalue weighted by Gasteiger charge is 2.15. The Morgan fingerprint density at radius 3 is 2.78 bits per heavy atom. The van der Waals surface area contributed by atoms with Crippen molar-refractivity contribution in [1.82, 2.24) is 10.3 Å². The number of pyridine rings is 1. The first kappa shape index (κ1) is 14.3. The summed E-state index contributed by atoms with van der Waals surface area (Å²) in [5.74, 6) is 0.587. The van der Waals surface area contributed by atoms with Crippen molar-refractivity contribution in [3.63, 3.8) is 0 Å². The third-order valence-corrected chi connectivity index (χ3v) is 1.97. The number of carbonyl (C=O) groups is 1. The van der Waals surface area contributed by atoms with Crippen LogP contribution >= 0.6 is 0 Å². The fourth-order valence-electron chi connectivity index (χ4n) is 1.24. The summed E-state index contributed by atoms with van der Waals surface area (Å²) in [5, 5.41) is 2.61. The zero-order chi connectivity index (χ0) is 13.6. The molecule has 18 heavy (non-hydrogen) atoms. The van der Waals surface area contributed by atoms with Crippen LogP contribution in [0.3, 0.4) is 0 Å². The van der Waals surface area contributed by atoms with Crippen LogP contribution in [0.15, 0.2) is 18.3 Å². The largest absolute Gasteiger partial charge is 0.476 e. The number of aromatic nitrogens is 1. The molecule has 0 saturated heterocycles. The van der Waals surface area contributed by atoms with Crippen LogP contribution in [-0.2, 0) is 4.74 Å². The lowest BCUT2D eigenvalue weighted by Crippen LogP contribution is -2.34. The standard InChI is InChI=1S/C13H20N2O3/c1-10-6-5-7-14-11(10)17-9-8-15-12(16)18-13(2,3)4/h5-7H,8-9H2,1-4H3,(H,15,16). The van der Waals surface area contributed by atoms with E-state index in [2.05, 4.69) is 10.3 Å². The van der Waals surface area contributed by atoms with Crippen molar-refractivity contribution in [3.8, 4) is 5.88 Å². The van der Waals surface area contributed by atoms with E-state index in [9.17, 15) is 4.79 Å². The number of rotatable bonds is 4. The van der Waals surface area contributed by atoms with Crippen molar-refractivity contribution in [2.24, 2.45) is 0 Å². The molecule has 0 radical (unpaired) electrons. The average molecular weight is 252 g/mol. The Hall–Kier alpha value is -1.78. The number of hydrogen-bond acceptors (Lipinski definition) is 4. The molecule has 0 fully saturated rings. The minimum absolute atomic E-state index is 0.358. The van der Waals surface area contributed by atoms with E-state index >= 15 is 0 Å². The summed E-state index contributed by atoms with van der Waals surface area (Å²) in [6, 6.07) is 3.77. The van der Waals surface area contributed by atoms with E-state index in [1.54, 1.807) is 6.20 Å². The maximum Gasteiger partial charge on any atom is 0.407 e. The molecule has 0 bridgehead atoms. The fourth-order valence-corrected chi connectivity index (χ4v) is 1.24. The lowest BCUT2D eigenvalue weighted by Gasteiger charge is -2.19. The number of nitrogens with one attached hydrogen (secondary N) is 1. The smallest absolute Gasteiger partial charge is 0.407 e. The Kier molecular flexibility index (Phi) is 4.95. The van der Waals surface area contributed by atoms with Gasteiger partial charge < -0.3 is 14.8 Å². The van der Waals surface area contributed by atoms with Crippen LogP contribution in [0.2, 0.25) is 0 Å². The van der Waals surface area contributed by atoms with Gasteiger partial charge in [-0.3, -0.25) is 0 Å². The van der Waals surface area contributed by atoms with E-state index in [0.29, 0.717) is 19.0 Å². The molecule has 0 unspecified atom stereocenters. The molecule has 1 N–H and O–H groups in total. The van der Waals surface area contributed by atoms with Gasteiger partial charge in [-0.05, 0) is 33.8 Å². The van der Waals surface area contributed by atoms with Crippen molar-refractivity contribution < 1.29 is 14.3 Å². The molecule has 0 aliphatic heterocycles. The zero-order valence-corrected chi connectivity index (χ0v) is 11.3. The van der Waals surface area contributed by atoms with Crippen molar-refractivity contribution >= 4 is 6.09 Å². The first-order valence-electron chi connectivity index (χ1n) is 5.90. The SMILES string of the molecule is Cc1cccnc1OCCNC(=O)OC(C)(C)C. The Bertz CT molecular complexity index is 399. The van der Waals surface area contributed by atoms with Crippen molar-refractivity contribution in [1.29, 1.82) is 0 Å². The number of carbonyl (C=O) groups excluding carboxylic acids is 1. The molecule has 100 valence electrons. The van der Waals surface area contributed by atoms with Crippen LogP contribution in [-0.4, -0.2) is 29.8 Å². The molecule has 0 aromatic carbocycles. The lowest BCUT2D eigenvalue weighted by atomic mass is 10.2. The van der Waals surface area contributed by atoms with Gasteiger partial charge in [0.05, 0.1) is 6.54 Å². The number of ether oxygens (including phenoxy) is 2. The number of amides is 1. The second-order valence-electron chi connectivity index (χ2n) is 4.90. The summed E-state index contributed by atoms with van der Waals surface area (Å²) >= 11 is 0. The van der Waals surface area contributed by atoms with E-state index in [-0.39, 0.29) is 0 Å². The van der Waals surface area contributed by atoms with Crippen molar-refractivity contribution in [3.05, 3.63) is 23.9 Å². The Labute approximate surface area is 108 Å². The van der Waals surface area contributed by atoms with Gasteiger partial charge in [-0.1, -0.05) is 6.07 Å². The summed E-state index contributed by atoms with van der Waals surface area (Å²) in [6.45, 7) is 8.12. The zero-order valence-electron chi connectivity index (χ0n) is 11.3. The number of nitrogens with zero attached hydrogens (tertiary/aromatic N) is 1. The van der Waals surface area contributed by atoms with Gasteiger partial charge in [0.25, 0.3) is 0 Å². The molecule has 5 heteroatoms. The minimum atomic E-state index is -0.484. The second kappa shape index (κ2) is 6.23. The number of aryl methyl sites for hydroxylation is 1. The number of alkyl carbamates (subject to hydrolysis) is 1. The molecule has 0 aliphatic carbocycles. The quantitative estimate of drug-likeness (QED) is 0.835. The molecule has 5 nitrogen and oxygen atoms in total. The maximum atomic E-state index is 11.3. The number of hydrogen-bond donors (Lipinski definition) is 1. The highest BCUT2D eigenvalue weighted by atomic mass is 16.6.